The summed E-state index contributed by atoms with van der Waals surface area (Å²) in [4.78, 5) is 12.9. The fourth-order valence-corrected chi connectivity index (χ4v) is 2.63. The van der Waals surface area contributed by atoms with Crippen molar-refractivity contribution in [3.8, 4) is 0 Å². The Morgan fingerprint density at radius 3 is 2.60 bits per heavy atom. The SMILES string of the molecule is Nc1ccc(NC(=O)CSc2ccc(Br)cc2)cc1Cl. The fourth-order valence-electron chi connectivity index (χ4n) is 1.48. The molecule has 0 fully saturated rings. The van der Waals surface area contributed by atoms with Crippen LogP contribution in [0.1, 0.15) is 0 Å². The molecule has 2 aromatic carbocycles. The molecule has 3 N–H and O–H groups in total. The summed E-state index contributed by atoms with van der Waals surface area (Å²) in [7, 11) is 0. The van der Waals surface area contributed by atoms with E-state index < -0.39 is 0 Å². The van der Waals surface area contributed by atoms with Crippen molar-refractivity contribution in [2.75, 3.05) is 16.8 Å². The molecule has 6 heteroatoms. The Balaban J connectivity index is 1.89. The van der Waals surface area contributed by atoms with Crippen molar-refractivity contribution in [2.24, 2.45) is 0 Å². The molecule has 104 valence electrons. The molecule has 0 saturated heterocycles. The molecule has 0 saturated carbocycles. The highest BCUT2D eigenvalue weighted by Gasteiger charge is 2.05. The predicted molar refractivity (Wildman–Crippen MR) is 89.4 cm³/mol. The maximum Gasteiger partial charge on any atom is 0.234 e. The quantitative estimate of drug-likeness (QED) is 0.618. The Hall–Kier alpha value is -1.17. The number of nitrogens with one attached hydrogen (secondary N) is 1. The average Bonchev–Trinajstić information content (AvgIpc) is 2.42. The highest BCUT2D eigenvalue weighted by molar-refractivity contribution is 9.10. The highest BCUT2D eigenvalue weighted by Crippen LogP contribution is 2.24. The van der Waals surface area contributed by atoms with Gasteiger partial charge in [0.15, 0.2) is 0 Å². The summed E-state index contributed by atoms with van der Waals surface area (Å²) >= 11 is 10.7. The molecule has 0 radical (unpaired) electrons. The number of hydrogen-bond donors (Lipinski definition) is 2. The van der Waals surface area contributed by atoms with Gasteiger partial charge in [-0.15, -0.1) is 11.8 Å². The van der Waals surface area contributed by atoms with Crippen LogP contribution in [0.4, 0.5) is 11.4 Å². The van der Waals surface area contributed by atoms with E-state index in [2.05, 4.69) is 21.2 Å². The van der Waals surface area contributed by atoms with Gasteiger partial charge in [0, 0.05) is 15.1 Å². The van der Waals surface area contributed by atoms with Gasteiger partial charge >= 0.3 is 0 Å². The van der Waals surface area contributed by atoms with Gasteiger partial charge in [0.25, 0.3) is 0 Å². The van der Waals surface area contributed by atoms with E-state index in [9.17, 15) is 4.79 Å². The first-order valence-electron chi connectivity index (χ1n) is 5.78. The molecule has 0 aliphatic carbocycles. The van der Waals surface area contributed by atoms with Crippen LogP contribution in [0.3, 0.4) is 0 Å². The van der Waals surface area contributed by atoms with Gasteiger partial charge < -0.3 is 11.1 Å². The molecule has 2 rings (SSSR count). The first-order chi connectivity index (χ1) is 9.54. The van der Waals surface area contributed by atoms with Gasteiger partial charge in [0.05, 0.1) is 16.5 Å². The zero-order valence-electron chi connectivity index (χ0n) is 10.4. The molecule has 3 nitrogen and oxygen atoms in total. The molecule has 0 spiro atoms. The maximum atomic E-state index is 11.8. The van der Waals surface area contributed by atoms with E-state index in [1.807, 2.05) is 24.3 Å². The maximum absolute atomic E-state index is 11.8. The van der Waals surface area contributed by atoms with E-state index in [-0.39, 0.29) is 5.91 Å². The topological polar surface area (TPSA) is 55.1 Å². The van der Waals surface area contributed by atoms with Gasteiger partial charge in [-0.3, -0.25) is 4.79 Å². The lowest BCUT2D eigenvalue weighted by Gasteiger charge is -2.07. The highest BCUT2D eigenvalue weighted by atomic mass is 79.9. The number of rotatable bonds is 4. The number of carbonyl (C=O) groups excluding carboxylic acids is 1. The van der Waals surface area contributed by atoms with Crippen molar-refractivity contribution >= 4 is 56.6 Å². The van der Waals surface area contributed by atoms with Crippen LogP contribution in [0.2, 0.25) is 5.02 Å². The first kappa shape index (κ1) is 15.2. The third-order valence-corrected chi connectivity index (χ3v) is 4.34. The number of halogens is 2. The molecular weight excluding hydrogens is 360 g/mol. The molecule has 2 aromatic rings. The lowest BCUT2D eigenvalue weighted by Crippen LogP contribution is -2.14. The lowest BCUT2D eigenvalue weighted by molar-refractivity contribution is -0.113. The summed E-state index contributed by atoms with van der Waals surface area (Å²) in [5.74, 6) is 0.252. The lowest BCUT2D eigenvalue weighted by atomic mass is 10.3. The van der Waals surface area contributed by atoms with Gasteiger partial charge in [0.2, 0.25) is 5.91 Å². The van der Waals surface area contributed by atoms with Gasteiger partial charge in [-0.2, -0.15) is 0 Å². The molecule has 0 unspecified atom stereocenters. The third-order valence-electron chi connectivity index (χ3n) is 2.47. The molecule has 1 amide bonds. The summed E-state index contributed by atoms with van der Waals surface area (Å²) in [5.41, 5.74) is 6.75. The summed E-state index contributed by atoms with van der Waals surface area (Å²) in [5, 5.41) is 3.22. The second-order valence-corrected chi connectivity index (χ2v) is 6.40. The van der Waals surface area contributed by atoms with E-state index >= 15 is 0 Å². The fraction of sp³-hybridized carbons (Fsp3) is 0.0714. The first-order valence-corrected chi connectivity index (χ1v) is 7.93. The molecule has 0 bridgehead atoms. The summed E-state index contributed by atoms with van der Waals surface area (Å²) in [6.45, 7) is 0. The Morgan fingerprint density at radius 2 is 1.95 bits per heavy atom. The zero-order valence-corrected chi connectivity index (χ0v) is 13.6. The monoisotopic (exact) mass is 370 g/mol. The van der Waals surface area contributed by atoms with E-state index in [0.29, 0.717) is 22.2 Å². The number of amides is 1. The summed E-state index contributed by atoms with van der Waals surface area (Å²) in [6, 6.07) is 12.8. The third kappa shape index (κ3) is 4.44. The minimum atomic E-state index is -0.0845. The van der Waals surface area contributed by atoms with Crippen LogP contribution < -0.4 is 11.1 Å². The Kier molecular flexibility index (Phi) is 5.34. The Morgan fingerprint density at radius 1 is 1.25 bits per heavy atom. The molecule has 0 atom stereocenters. The summed E-state index contributed by atoms with van der Waals surface area (Å²) < 4.78 is 1.02. The second kappa shape index (κ2) is 7.02. The van der Waals surface area contributed by atoms with Crippen LogP contribution in [0.15, 0.2) is 51.8 Å². The standard InChI is InChI=1S/C14H12BrClN2OS/c15-9-1-4-11(5-2-9)20-8-14(19)18-10-3-6-13(17)12(16)7-10/h1-7H,8,17H2,(H,18,19). The minimum absolute atomic E-state index is 0.0845. The van der Waals surface area contributed by atoms with Crippen LogP contribution >= 0.6 is 39.3 Å². The van der Waals surface area contributed by atoms with Crippen molar-refractivity contribution in [1.82, 2.24) is 0 Å². The number of nitrogens with two attached hydrogens (primary N) is 1. The van der Waals surface area contributed by atoms with Gasteiger partial charge in [-0.05, 0) is 42.5 Å². The second-order valence-electron chi connectivity index (χ2n) is 4.03. The minimum Gasteiger partial charge on any atom is -0.398 e. The predicted octanol–water partition coefficient (Wildman–Crippen LogP) is 4.42. The number of benzene rings is 2. The van der Waals surface area contributed by atoms with Gasteiger partial charge in [-0.1, -0.05) is 27.5 Å². The van der Waals surface area contributed by atoms with Crippen molar-refractivity contribution in [3.05, 3.63) is 52.0 Å². The number of hydrogen-bond acceptors (Lipinski definition) is 3. The Labute approximate surface area is 135 Å². The van der Waals surface area contributed by atoms with Crippen LogP contribution in [-0.4, -0.2) is 11.7 Å². The van der Waals surface area contributed by atoms with Gasteiger partial charge in [-0.25, -0.2) is 0 Å². The number of thioether (sulfide) groups is 1. The van der Waals surface area contributed by atoms with Crippen LogP contribution in [0, 0.1) is 0 Å². The van der Waals surface area contributed by atoms with Crippen LogP contribution in [0.25, 0.3) is 0 Å². The number of carbonyl (C=O) groups is 1. The van der Waals surface area contributed by atoms with E-state index in [1.165, 1.54) is 11.8 Å². The van der Waals surface area contributed by atoms with Crippen molar-refractivity contribution in [1.29, 1.82) is 0 Å². The van der Waals surface area contributed by atoms with Crippen molar-refractivity contribution in [3.63, 3.8) is 0 Å². The zero-order chi connectivity index (χ0) is 14.5. The normalized spacial score (nSPS) is 10.3. The molecule has 0 aromatic heterocycles. The van der Waals surface area contributed by atoms with Crippen LogP contribution in [0.5, 0.6) is 0 Å². The molecule has 0 aliphatic rings. The summed E-state index contributed by atoms with van der Waals surface area (Å²) in [6.07, 6.45) is 0. The average molecular weight is 372 g/mol. The number of nitrogen functional groups attached to an aromatic ring is 1. The molecular formula is C14H12BrClN2OS. The molecule has 0 aliphatic heterocycles. The largest absolute Gasteiger partial charge is 0.398 e. The molecule has 20 heavy (non-hydrogen) atoms. The number of anilines is 2. The van der Waals surface area contributed by atoms with E-state index in [4.69, 9.17) is 17.3 Å². The van der Waals surface area contributed by atoms with Crippen LogP contribution in [-0.2, 0) is 4.79 Å². The van der Waals surface area contributed by atoms with E-state index in [0.717, 1.165) is 9.37 Å². The smallest absolute Gasteiger partial charge is 0.234 e. The van der Waals surface area contributed by atoms with Gasteiger partial charge in [0.1, 0.15) is 0 Å². The van der Waals surface area contributed by atoms with E-state index in [1.54, 1.807) is 18.2 Å². The van der Waals surface area contributed by atoms with Crippen molar-refractivity contribution < 1.29 is 4.79 Å². The Bertz CT molecular complexity index is 619. The van der Waals surface area contributed by atoms with Crippen molar-refractivity contribution in [2.45, 2.75) is 4.90 Å². The molecule has 0 heterocycles.